The van der Waals surface area contributed by atoms with Crippen LogP contribution in [0.15, 0.2) is 24.3 Å². The van der Waals surface area contributed by atoms with E-state index in [2.05, 4.69) is 36.1 Å². The van der Waals surface area contributed by atoms with Crippen LogP contribution in [-0.2, 0) is 0 Å². The molecule has 1 aromatic rings. The highest BCUT2D eigenvalue weighted by Crippen LogP contribution is 2.22. The van der Waals surface area contributed by atoms with Gasteiger partial charge >= 0.3 is 0 Å². The van der Waals surface area contributed by atoms with Crippen molar-refractivity contribution in [3.8, 4) is 0 Å². The van der Waals surface area contributed by atoms with Crippen LogP contribution in [0.4, 0.5) is 5.69 Å². The van der Waals surface area contributed by atoms with Crippen LogP contribution in [0.25, 0.3) is 0 Å². The fourth-order valence-corrected chi connectivity index (χ4v) is 2.05. The van der Waals surface area contributed by atoms with Crippen molar-refractivity contribution in [2.24, 2.45) is 0 Å². The van der Waals surface area contributed by atoms with Gasteiger partial charge in [0, 0.05) is 18.8 Å². The molecule has 0 aromatic heterocycles. The number of rotatable bonds is 1. The second-order valence-corrected chi connectivity index (χ2v) is 3.83. The third kappa shape index (κ3) is 3.26. The number of benzene rings is 1. The van der Waals surface area contributed by atoms with E-state index in [4.69, 9.17) is 0 Å². The van der Waals surface area contributed by atoms with Crippen molar-refractivity contribution in [2.75, 3.05) is 18.0 Å². The molecule has 2 rings (SSSR count). The second-order valence-electron chi connectivity index (χ2n) is 3.83. The summed E-state index contributed by atoms with van der Waals surface area (Å²) in [7, 11) is 0. The zero-order valence-corrected chi connectivity index (χ0v) is 10.3. The van der Waals surface area contributed by atoms with Gasteiger partial charge in [-0.15, -0.1) is 0 Å². The Hall–Kier alpha value is -0.980. The Bertz CT molecular complexity index is 274. The molecule has 0 saturated carbocycles. The van der Waals surface area contributed by atoms with Crippen LogP contribution < -0.4 is 4.90 Å². The highest BCUT2D eigenvalue weighted by Gasteiger charge is 2.11. The average Bonchev–Trinajstić information content (AvgIpc) is 2.33. The largest absolute Gasteiger partial charge is 0.371 e. The summed E-state index contributed by atoms with van der Waals surface area (Å²) in [6.07, 6.45) is 4.12. The number of nitrogens with zero attached hydrogens (tertiary/aromatic N) is 1. The lowest BCUT2D eigenvalue weighted by Crippen LogP contribution is -2.29. The summed E-state index contributed by atoms with van der Waals surface area (Å²) in [5.41, 5.74) is 2.84. The normalized spacial score (nSPS) is 15.5. The van der Waals surface area contributed by atoms with E-state index in [1.807, 2.05) is 13.8 Å². The van der Waals surface area contributed by atoms with Crippen LogP contribution in [0.5, 0.6) is 0 Å². The monoisotopic (exact) mass is 205 g/mol. The van der Waals surface area contributed by atoms with Crippen molar-refractivity contribution in [1.29, 1.82) is 0 Å². The molecule has 15 heavy (non-hydrogen) atoms. The molecular formula is C14H23N. The van der Waals surface area contributed by atoms with Gasteiger partial charge in [-0.25, -0.2) is 0 Å². The molecule has 0 aliphatic carbocycles. The lowest BCUT2D eigenvalue weighted by Gasteiger charge is -2.30. The maximum atomic E-state index is 2.51. The van der Waals surface area contributed by atoms with E-state index in [1.165, 1.54) is 43.6 Å². The van der Waals surface area contributed by atoms with Crippen LogP contribution in [0.1, 0.15) is 38.7 Å². The first-order valence-corrected chi connectivity index (χ1v) is 6.18. The minimum absolute atomic E-state index is 1.24. The summed E-state index contributed by atoms with van der Waals surface area (Å²) in [5.74, 6) is 0. The van der Waals surface area contributed by atoms with Crippen LogP contribution in [0, 0.1) is 6.92 Å². The molecule has 0 atom stereocenters. The van der Waals surface area contributed by atoms with E-state index < -0.39 is 0 Å². The van der Waals surface area contributed by atoms with Gasteiger partial charge in [-0.1, -0.05) is 32.0 Å². The van der Waals surface area contributed by atoms with Crippen molar-refractivity contribution in [1.82, 2.24) is 0 Å². The third-order valence-electron chi connectivity index (χ3n) is 2.81. The van der Waals surface area contributed by atoms with E-state index in [-0.39, 0.29) is 0 Å². The highest BCUT2D eigenvalue weighted by atomic mass is 15.1. The standard InChI is InChI=1S/C12H17N.C2H6/c1-11-7-3-4-8-12(11)13-9-5-2-6-10-13;1-2/h3-4,7-8H,2,5-6,9-10H2,1H3;1-2H3. The topological polar surface area (TPSA) is 3.24 Å². The van der Waals surface area contributed by atoms with E-state index in [0.717, 1.165) is 0 Å². The Morgan fingerprint density at radius 2 is 1.53 bits per heavy atom. The van der Waals surface area contributed by atoms with Gasteiger partial charge in [0.2, 0.25) is 0 Å². The fourth-order valence-electron chi connectivity index (χ4n) is 2.05. The molecule has 1 heteroatoms. The molecule has 1 aliphatic rings. The Kier molecular flexibility index (Phi) is 5.23. The smallest absolute Gasteiger partial charge is 0.0395 e. The van der Waals surface area contributed by atoms with E-state index >= 15 is 0 Å². The molecule has 0 unspecified atom stereocenters. The summed E-state index contributed by atoms with van der Waals surface area (Å²) in [4.78, 5) is 2.51. The molecule has 1 aromatic carbocycles. The number of para-hydroxylation sites is 1. The summed E-state index contributed by atoms with van der Waals surface area (Å²) in [6.45, 7) is 8.68. The van der Waals surface area contributed by atoms with Gasteiger partial charge in [0.15, 0.2) is 0 Å². The van der Waals surface area contributed by atoms with Gasteiger partial charge in [-0.05, 0) is 37.8 Å². The van der Waals surface area contributed by atoms with Crippen LogP contribution in [-0.4, -0.2) is 13.1 Å². The van der Waals surface area contributed by atoms with Gasteiger partial charge in [-0.3, -0.25) is 0 Å². The van der Waals surface area contributed by atoms with Crippen molar-refractivity contribution in [2.45, 2.75) is 40.0 Å². The zero-order valence-electron chi connectivity index (χ0n) is 10.3. The number of piperidine rings is 1. The molecule has 1 nitrogen and oxygen atoms in total. The molecule has 1 aliphatic heterocycles. The first-order chi connectivity index (χ1) is 7.38. The van der Waals surface area contributed by atoms with Crippen molar-refractivity contribution in [3.05, 3.63) is 29.8 Å². The van der Waals surface area contributed by atoms with Crippen LogP contribution >= 0.6 is 0 Å². The maximum absolute atomic E-state index is 2.51. The molecule has 84 valence electrons. The van der Waals surface area contributed by atoms with Crippen LogP contribution in [0.2, 0.25) is 0 Å². The second kappa shape index (κ2) is 6.49. The molecule has 1 heterocycles. The predicted molar refractivity (Wildman–Crippen MR) is 68.6 cm³/mol. The molecule has 0 N–H and O–H groups in total. The molecular weight excluding hydrogens is 182 g/mol. The van der Waals surface area contributed by atoms with Gasteiger partial charge in [0.05, 0.1) is 0 Å². The number of aryl methyl sites for hydroxylation is 1. The molecule has 0 spiro atoms. The minimum atomic E-state index is 1.24. The summed E-state index contributed by atoms with van der Waals surface area (Å²) in [6, 6.07) is 8.68. The van der Waals surface area contributed by atoms with Gasteiger partial charge in [0.25, 0.3) is 0 Å². The number of hydrogen-bond donors (Lipinski definition) is 0. The molecule has 0 radical (unpaired) electrons. The Labute approximate surface area is 94.1 Å². The number of anilines is 1. The fraction of sp³-hybridized carbons (Fsp3) is 0.571. The Morgan fingerprint density at radius 1 is 0.933 bits per heavy atom. The molecule has 1 fully saturated rings. The highest BCUT2D eigenvalue weighted by molar-refractivity contribution is 5.53. The van der Waals surface area contributed by atoms with Crippen LogP contribution in [0.3, 0.4) is 0 Å². The summed E-state index contributed by atoms with van der Waals surface area (Å²) < 4.78 is 0. The molecule has 0 amide bonds. The minimum Gasteiger partial charge on any atom is -0.371 e. The van der Waals surface area contributed by atoms with Crippen molar-refractivity contribution < 1.29 is 0 Å². The van der Waals surface area contributed by atoms with E-state index in [9.17, 15) is 0 Å². The zero-order chi connectivity index (χ0) is 11.1. The van der Waals surface area contributed by atoms with Gasteiger partial charge in [0.1, 0.15) is 0 Å². The Balaban J connectivity index is 0.000000531. The van der Waals surface area contributed by atoms with Crippen molar-refractivity contribution >= 4 is 5.69 Å². The number of hydrogen-bond acceptors (Lipinski definition) is 1. The molecule has 1 saturated heterocycles. The first-order valence-electron chi connectivity index (χ1n) is 6.18. The Morgan fingerprint density at radius 3 is 2.13 bits per heavy atom. The lowest BCUT2D eigenvalue weighted by atomic mass is 10.1. The first kappa shape index (κ1) is 12.1. The lowest BCUT2D eigenvalue weighted by molar-refractivity contribution is 0.577. The van der Waals surface area contributed by atoms with Gasteiger partial charge < -0.3 is 4.90 Å². The SMILES string of the molecule is CC.Cc1ccccc1N1CCCCC1. The quantitative estimate of drug-likeness (QED) is 0.669. The third-order valence-corrected chi connectivity index (χ3v) is 2.81. The predicted octanol–water partition coefficient (Wildman–Crippen LogP) is 4.01. The van der Waals surface area contributed by atoms with E-state index in [1.54, 1.807) is 0 Å². The van der Waals surface area contributed by atoms with Crippen molar-refractivity contribution in [3.63, 3.8) is 0 Å². The summed E-state index contributed by atoms with van der Waals surface area (Å²) >= 11 is 0. The van der Waals surface area contributed by atoms with Gasteiger partial charge in [-0.2, -0.15) is 0 Å². The summed E-state index contributed by atoms with van der Waals surface area (Å²) in [5, 5.41) is 0. The van der Waals surface area contributed by atoms with E-state index in [0.29, 0.717) is 0 Å². The maximum Gasteiger partial charge on any atom is 0.0395 e. The average molecular weight is 205 g/mol. The molecule has 0 bridgehead atoms.